The molecule has 0 saturated heterocycles. The van der Waals surface area contributed by atoms with Crippen LogP contribution in [0.3, 0.4) is 0 Å². The van der Waals surface area contributed by atoms with Crippen molar-refractivity contribution in [3.05, 3.63) is 38.5 Å². The molecule has 0 amide bonds. The fraction of sp³-hybridized carbons (Fsp3) is 0.200. The third-order valence-corrected chi connectivity index (χ3v) is 5.15. The van der Waals surface area contributed by atoms with E-state index in [1.54, 1.807) is 6.20 Å². The van der Waals surface area contributed by atoms with E-state index < -0.39 is 10.0 Å². The van der Waals surface area contributed by atoms with Crippen molar-refractivity contribution in [1.29, 1.82) is 0 Å². The lowest BCUT2D eigenvalue weighted by atomic mass is 10.5. The van der Waals surface area contributed by atoms with Crippen LogP contribution in [-0.2, 0) is 16.6 Å². The summed E-state index contributed by atoms with van der Waals surface area (Å²) in [6.45, 7) is 2.03. The van der Waals surface area contributed by atoms with Crippen LogP contribution in [0.15, 0.2) is 23.4 Å². The van der Waals surface area contributed by atoms with Crippen molar-refractivity contribution in [3.8, 4) is 0 Å². The van der Waals surface area contributed by atoms with Gasteiger partial charge in [-0.2, -0.15) is 0 Å². The minimum absolute atomic E-state index is 0.0249. The Bertz CT molecular complexity index is 701. The van der Waals surface area contributed by atoms with Gasteiger partial charge in [0.1, 0.15) is 10.0 Å². The van der Waals surface area contributed by atoms with Crippen molar-refractivity contribution < 1.29 is 8.42 Å². The smallest absolute Gasteiger partial charge is 0.242 e. The van der Waals surface area contributed by atoms with Gasteiger partial charge < -0.3 is 0 Å². The molecule has 0 aliphatic rings. The number of thiazole rings is 1. The highest BCUT2D eigenvalue weighted by atomic mass is 35.5. The fourth-order valence-corrected chi connectivity index (χ4v) is 3.42. The Balaban J connectivity index is 2.16. The highest BCUT2D eigenvalue weighted by Gasteiger charge is 2.16. The summed E-state index contributed by atoms with van der Waals surface area (Å²) in [4.78, 5) is 8.56. The van der Waals surface area contributed by atoms with Gasteiger partial charge in [-0.3, -0.25) is 0 Å². The molecule has 2 rings (SSSR count). The Kier molecular flexibility index (Phi) is 4.42. The maximum atomic E-state index is 12.0. The molecule has 1 N–H and O–H groups in total. The van der Waals surface area contributed by atoms with Gasteiger partial charge in [0, 0.05) is 23.8 Å². The van der Waals surface area contributed by atoms with Gasteiger partial charge in [0.25, 0.3) is 0 Å². The lowest BCUT2D eigenvalue weighted by Crippen LogP contribution is -2.23. The number of hydrogen-bond acceptors (Lipinski definition) is 5. The SMILES string of the molecule is Cc1ncc(CNS(=O)(=O)c2cnc(Cl)c(Cl)c2)s1. The van der Waals surface area contributed by atoms with Crippen LogP contribution in [0.25, 0.3) is 0 Å². The van der Waals surface area contributed by atoms with Crippen LogP contribution in [0.4, 0.5) is 0 Å². The zero-order chi connectivity index (χ0) is 14.0. The molecule has 0 aliphatic heterocycles. The molecule has 0 radical (unpaired) electrons. The molecule has 2 heterocycles. The molecule has 0 fully saturated rings. The second-order valence-electron chi connectivity index (χ2n) is 3.61. The molecule has 2 aromatic heterocycles. The van der Waals surface area contributed by atoms with Crippen LogP contribution in [0.1, 0.15) is 9.88 Å². The molecule has 0 bridgehead atoms. The number of hydrogen-bond donors (Lipinski definition) is 1. The van der Waals surface area contributed by atoms with Gasteiger partial charge in [-0.05, 0) is 13.0 Å². The fourth-order valence-electron chi connectivity index (χ4n) is 1.29. The van der Waals surface area contributed by atoms with Gasteiger partial charge in [0.05, 0.1) is 10.0 Å². The number of nitrogens with zero attached hydrogens (tertiary/aromatic N) is 2. The first-order valence-electron chi connectivity index (χ1n) is 5.10. The summed E-state index contributed by atoms with van der Waals surface area (Å²) >= 11 is 12.8. The van der Waals surface area contributed by atoms with Gasteiger partial charge in [0.2, 0.25) is 10.0 Å². The first-order valence-corrected chi connectivity index (χ1v) is 8.16. The monoisotopic (exact) mass is 337 g/mol. The van der Waals surface area contributed by atoms with E-state index in [1.165, 1.54) is 17.4 Å². The summed E-state index contributed by atoms with van der Waals surface area (Å²) in [6.07, 6.45) is 2.80. The summed E-state index contributed by atoms with van der Waals surface area (Å²) < 4.78 is 26.5. The van der Waals surface area contributed by atoms with E-state index in [9.17, 15) is 8.42 Å². The molecule has 5 nitrogen and oxygen atoms in total. The molecule has 0 unspecified atom stereocenters. The summed E-state index contributed by atoms with van der Waals surface area (Å²) in [5, 5.41) is 1.04. The van der Waals surface area contributed by atoms with Crippen LogP contribution < -0.4 is 4.72 Å². The Morgan fingerprint density at radius 3 is 2.63 bits per heavy atom. The van der Waals surface area contributed by atoms with Crippen LogP contribution in [0, 0.1) is 6.92 Å². The number of pyridine rings is 1. The number of aromatic nitrogens is 2. The van der Waals surface area contributed by atoms with Gasteiger partial charge in [-0.25, -0.2) is 23.1 Å². The average Bonchev–Trinajstić information content (AvgIpc) is 2.76. The molecule has 0 saturated carbocycles. The predicted octanol–water partition coefficient (Wildman–Crippen LogP) is 2.63. The quantitative estimate of drug-likeness (QED) is 0.870. The van der Waals surface area contributed by atoms with Gasteiger partial charge in [0.15, 0.2) is 0 Å². The number of rotatable bonds is 4. The Labute approximate surface area is 124 Å². The maximum absolute atomic E-state index is 12.0. The standard InChI is InChI=1S/C10H9Cl2N3O2S2/c1-6-13-3-7(18-6)4-15-19(16,17)8-2-9(11)10(12)14-5-8/h2-3,5,15H,4H2,1H3. The lowest BCUT2D eigenvalue weighted by Gasteiger charge is -2.05. The van der Waals surface area contributed by atoms with Crippen molar-refractivity contribution in [1.82, 2.24) is 14.7 Å². The predicted molar refractivity (Wildman–Crippen MR) is 75.1 cm³/mol. The van der Waals surface area contributed by atoms with Gasteiger partial charge >= 0.3 is 0 Å². The minimum atomic E-state index is -3.67. The van der Waals surface area contributed by atoms with Crippen LogP contribution in [0.5, 0.6) is 0 Å². The van der Waals surface area contributed by atoms with Crippen molar-refractivity contribution in [2.75, 3.05) is 0 Å². The van der Waals surface area contributed by atoms with E-state index in [0.717, 1.165) is 16.1 Å². The summed E-state index contributed by atoms with van der Waals surface area (Å²) in [5.41, 5.74) is 0. The second-order valence-corrected chi connectivity index (χ2v) is 7.47. The van der Waals surface area contributed by atoms with Crippen molar-refractivity contribution >= 4 is 44.6 Å². The van der Waals surface area contributed by atoms with E-state index in [0.29, 0.717) is 0 Å². The average molecular weight is 338 g/mol. The molecule has 0 spiro atoms. The Hall–Kier alpha value is -0.730. The highest BCUT2D eigenvalue weighted by Crippen LogP contribution is 2.22. The number of aryl methyl sites for hydroxylation is 1. The van der Waals surface area contributed by atoms with Crippen LogP contribution >= 0.6 is 34.5 Å². The van der Waals surface area contributed by atoms with Gasteiger partial charge in [-0.1, -0.05) is 23.2 Å². The summed E-state index contributed by atoms with van der Waals surface area (Å²) in [5.74, 6) is 0. The molecule has 0 aliphatic carbocycles. The zero-order valence-electron chi connectivity index (χ0n) is 9.72. The minimum Gasteiger partial charge on any atom is -0.250 e. The number of halogens is 2. The molecular weight excluding hydrogens is 329 g/mol. The van der Waals surface area contributed by atoms with Crippen molar-refractivity contribution in [2.24, 2.45) is 0 Å². The number of sulfonamides is 1. The van der Waals surface area contributed by atoms with Crippen LogP contribution in [0.2, 0.25) is 10.2 Å². The highest BCUT2D eigenvalue weighted by molar-refractivity contribution is 7.89. The van der Waals surface area contributed by atoms with E-state index in [-0.39, 0.29) is 21.6 Å². The first-order chi connectivity index (χ1) is 8.88. The topological polar surface area (TPSA) is 72.0 Å². The Morgan fingerprint density at radius 1 is 1.32 bits per heavy atom. The molecule has 19 heavy (non-hydrogen) atoms. The van der Waals surface area contributed by atoms with E-state index >= 15 is 0 Å². The molecule has 9 heteroatoms. The van der Waals surface area contributed by atoms with Crippen LogP contribution in [-0.4, -0.2) is 18.4 Å². The second kappa shape index (κ2) is 5.72. The maximum Gasteiger partial charge on any atom is 0.242 e. The molecule has 2 aromatic rings. The third kappa shape index (κ3) is 3.64. The largest absolute Gasteiger partial charge is 0.250 e. The van der Waals surface area contributed by atoms with Crippen molar-refractivity contribution in [2.45, 2.75) is 18.4 Å². The zero-order valence-corrected chi connectivity index (χ0v) is 12.9. The lowest BCUT2D eigenvalue weighted by molar-refractivity contribution is 0.581. The molecular formula is C10H9Cl2N3O2S2. The Morgan fingerprint density at radius 2 is 2.05 bits per heavy atom. The molecule has 0 atom stereocenters. The molecule has 0 aromatic carbocycles. The normalized spacial score (nSPS) is 11.7. The van der Waals surface area contributed by atoms with Gasteiger partial charge in [-0.15, -0.1) is 11.3 Å². The van der Waals surface area contributed by atoms with E-state index in [4.69, 9.17) is 23.2 Å². The molecule has 102 valence electrons. The first kappa shape index (κ1) is 14.7. The third-order valence-electron chi connectivity index (χ3n) is 2.19. The number of nitrogens with one attached hydrogen (secondary N) is 1. The van der Waals surface area contributed by atoms with E-state index in [2.05, 4.69) is 14.7 Å². The summed E-state index contributed by atoms with van der Waals surface area (Å²) in [6, 6.07) is 1.26. The summed E-state index contributed by atoms with van der Waals surface area (Å²) in [7, 11) is -3.67. The van der Waals surface area contributed by atoms with E-state index in [1.807, 2.05) is 6.92 Å². The van der Waals surface area contributed by atoms with Crippen molar-refractivity contribution in [3.63, 3.8) is 0 Å².